The summed E-state index contributed by atoms with van der Waals surface area (Å²) in [5.74, 6) is 0.748. The monoisotopic (exact) mass is 431 g/mol. The highest BCUT2D eigenvalue weighted by molar-refractivity contribution is 5.93. The number of carbonyl (C=O) groups excluding carboxylic acids is 2. The summed E-state index contributed by atoms with van der Waals surface area (Å²) in [6.07, 6.45) is 0. The van der Waals surface area contributed by atoms with Crippen molar-refractivity contribution in [3.63, 3.8) is 0 Å². The second-order valence-corrected chi connectivity index (χ2v) is 8.33. The average Bonchev–Trinajstić information content (AvgIpc) is 2.83. The number of hydrogen-bond donors (Lipinski definition) is 1. The van der Waals surface area contributed by atoms with Gasteiger partial charge in [-0.2, -0.15) is 0 Å². The van der Waals surface area contributed by atoms with Crippen LogP contribution in [0.25, 0.3) is 10.8 Å². The molecule has 0 aromatic heterocycles. The molecule has 3 aromatic carbocycles. The molecule has 0 atom stereocenters. The lowest BCUT2D eigenvalue weighted by Crippen LogP contribution is -2.49. The number of anilines is 2. The Morgan fingerprint density at radius 2 is 1.59 bits per heavy atom. The summed E-state index contributed by atoms with van der Waals surface area (Å²) in [5.41, 5.74) is 1.82. The van der Waals surface area contributed by atoms with Gasteiger partial charge in [0.2, 0.25) is 5.91 Å². The molecule has 0 radical (unpaired) electrons. The van der Waals surface area contributed by atoms with Crippen LogP contribution in [0.1, 0.15) is 13.8 Å². The maximum Gasteiger partial charge on any atom is 0.262 e. The molecule has 3 aromatic rings. The molecule has 0 bridgehead atoms. The Kier molecular flexibility index (Phi) is 6.59. The molecule has 32 heavy (non-hydrogen) atoms. The van der Waals surface area contributed by atoms with Gasteiger partial charge in [-0.3, -0.25) is 9.59 Å². The van der Waals surface area contributed by atoms with Gasteiger partial charge < -0.3 is 19.9 Å². The minimum absolute atomic E-state index is 0.0361. The highest BCUT2D eigenvalue weighted by atomic mass is 16.5. The van der Waals surface area contributed by atoms with Crippen molar-refractivity contribution in [3.8, 4) is 5.75 Å². The molecule has 4 rings (SSSR count). The van der Waals surface area contributed by atoms with E-state index in [2.05, 4.69) is 10.2 Å². The van der Waals surface area contributed by atoms with E-state index < -0.39 is 0 Å². The molecule has 1 heterocycles. The van der Waals surface area contributed by atoms with Crippen molar-refractivity contribution in [1.29, 1.82) is 0 Å². The van der Waals surface area contributed by atoms with Crippen LogP contribution in [0.15, 0.2) is 66.7 Å². The SMILES string of the molecule is CC(C)C(=O)N1CCN(c2ccc(NC(=O)COc3cccc4ccccc34)cc2)CC1. The molecule has 1 aliphatic heterocycles. The maximum atomic E-state index is 12.4. The summed E-state index contributed by atoms with van der Waals surface area (Å²) in [7, 11) is 0. The van der Waals surface area contributed by atoms with E-state index in [0.29, 0.717) is 5.75 Å². The van der Waals surface area contributed by atoms with Gasteiger partial charge in [0.05, 0.1) is 0 Å². The third-order valence-electron chi connectivity index (χ3n) is 5.71. The fourth-order valence-corrected chi connectivity index (χ4v) is 3.97. The summed E-state index contributed by atoms with van der Waals surface area (Å²) in [4.78, 5) is 28.7. The van der Waals surface area contributed by atoms with Crippen LogP contribution in [0.4, 0.5) is 11.4 Å². The quantitative estimate of drug-likeness (QED) is 0.637. The molecule has 0 unspecified atom stereocenters. The van der Waals surface area contributed by atoms with E-state index in [1.54, 1.807) is 0 Å². The average molecular weight is 432 g/mol. The molecule has 1 N–H and O–H groups in total. The van der Waals surface area contributed by atoms with E-state index in [1.165, 1.54) is 0 Å². The molecule has 6 heteroatoms. The van der Waals surface area contributed by atoms with Crippen molar-refractivity contribution in [2.75, 3.05) is 43.0 Å². The fourth-order valence-electron chi connectivity index (χ4n) is 3.97. The number of piperazine rings is 1. The smallest absolute Gasteiger partial charge is 0.262 e. The van der Waals surface area contributed by atoms with Crippen LogP contribution < -0.4 is 15.0 Å². The maximum absolute atomic E-state index is 12.4. The number of nitrogens with zero attached hydrogens (tertiary/aromatic N) is 2. The first kappa shape index (κ1) is 21.7. The highest BCUT2D eigenvalue weighted by Gasteiger charge is 2.22. The number of amides is 2. The topological polar surface area (TPSA) is 61.9 Å². The summed E-state index contributed by atoms with van der Waals surface area (Å²) >= 11 is 0. The summed E-state index contributed by atoms with van der Waals surface area (Å²) in [5, 5.41) is 4.96. The van der Waals surface area contributed by atoms with Crippen molar-refractivity contribution >= 4 is 34.0 Å². The van der Waals surface area contributed by atoms with E-state index in [1.807, 2.05) is 85.5 Å². The first-order valence-corrected chi connectivity index (χ1v) is 11.1. The molecule has 0 saturated carbocycles. The number of benzene rings is 3. The molecular formula is C26H29N3O3. The fraction of sp³-hybridized carbons (Fsp3) is 0.308. The van der Waals surface area contributed by atoms with Crippen molar-refractivity contribution in [2.24, 2.45) is 5.92 Å². The van der Waals surface area contributed by atoms with Crippen LogP contribution in [0, 0.1) is 5.92 Å². The van der Waals surface area contributed by atoms with E-state index >= 15 is 0 Å². The first-order chi connectivity index (χ1) is 15.5. The van der Waals surface area contributed by atoms with Gasteiger partial charge in [0.1, 0.15) is 5.75 Å². The predicted molar refractivity (Wildman–Crippen MR) is 128 cm³/mol. The second kappa shape index (κ2) is 9.73. The van der Waals surface area contributed by atoms with Gasteiger partial charge in [0, 0.05) is 48.9 Å². The Balaban J connectivity index is 1.29. The van der Waals surface area contributed by atoms with Crippen LogP contribution in [0.2, 0.25) is 0 Å². The third-order valence-corrected chi connectivity index (χ3v) is 5.71. The molecule has 1 fully saturated rings. The number of carbonyl (C=O) groups is 2. The largest absolute Gasteiger partial charge is 0.483 e. The van der Waals surface area contributed by atoms with E-state index in [9.17, 15) is 9.59 Å². The van der Waals surface area contributed by atoms with Crippen LogP contribution in [-0.2, 0) is 9.59 Å². The van der Waals surface area contributed by atoms with E-state index in [-0.39, 0.29) is 24.3 Å². The number of fused-ring (bicyclic) bond motifs is 1. The van der Waals surface area contributed by atoms with Crippen LogP contribution in [0.5, 0.6) is 5.75 Å². The molecule has 6 nitrogen and oxygen atoms in total. The first-order valence-electron chi connectivity index (χ1n) is 11.1. The zero-order valence-corrected chi connectivity index (χ0v) is 18.6. The van der Waals surface area contributed by atoms with E-state index in [0.717, 1.165) is 48.3 Å². The molecule has 1 saturated heterocycles. The Labute approximate surface area is 188 Å². The van der Waals surface area contributed by atoms with Crippen molar-refractivity contribution < 1.29 is 14.3 Å². The van der Waals surface area contributed by atoms with Gasteiger partial charge in [0.15, 0.2) is 6.61 Å². The lowest BCUT2D eigenvalue weighted by atomic mass is 10.1. The van der Waals surface area contributed by atoms with Crippen molar-refractivity contribution in [2.45, 2.75) is 13.8 Å². The van der Waals surface area contributed by atoms with Crippen LogP contribution in [0.3, 0.4) is 0 Å². The highest BCUT2D eigenvalue weighted by Crippen LogP contribution is 2.25. The Morgan fingerprint density at radius 3 is 2.31 bits per heavy atom. The zero-order chi connectivity index (χ0) is 22.5. The van der Waals surface area contributed by atoms with Crippen molar-refractivity contribution in [3.05, 3.63) is 66.7 Å². The molecule has 2 amide bonds. The van der Waals surface area contributed by atoms with Gasteiger partial charge in [-0.15, -0.1) is 0 Å². The second-order valence-electron chi connectivity index (χ2n) is 8.33. The van der Waals surface area contributed by atoms with Gasteiger partial charge in [-0.05, 0) is 35.7 Å². The molecule has 1 aliphatic rings. The molecule has 0 spiro atoms. The standard InChI is InChI=1S/C26H29N3O3/c1-19(2)26(31)29-16-14-28(15-17-29)22-12-10-21(11-13-22)27-25(30)18-32-24-9-5-7-20-6-3-4-8-23(20)24/h3-13,19H,14-18H2,1-2H3,(H,27,30). The number of ether oxygens (including phenoxy) is 1. The zero-order valence-electron chi connectivity index (χ0n) is 18.6. The number of rotatable bonds is 6. The van der Waals surface area contributed by atoms with Gasteiger partial charge in [0.25, 0.3) is 5.91 Å². The Morgan fingerprint density at radius 1 is 0.906 bits per heavy atom. The van der Waals surface area contributed by atoms with Gasteiger partial charge >= 0.3 is 0 Å². The summed E-state index contributed by atoms with van der Waals surface area (Å²) in [6.45, 7) is 6.92. The van der Waals surface area contributed by atoms with Crippen LogP contribution >= 0.6 is 0 Å². The van der Waals surface area contributed by atoms with Gasteiger partial charge in [-0.25, -0.2) is 0 Å². The Bertz CT molecular complexity index is 1080. The molecular weight excluding hydrogens is 402 g/mol. The number of hydrogen-bond acceptors (Lipinski definition) is 4. The lowest BCUT2D eigenvalue weighted by molar-refractivity contribution is -0.134. The minimum Gasteiger partial charge on any atom is -0.483 e. The summed E-state index contributed by atoms with van der Waals surface area (Å²) < 4.78 is 5.77. The molecule has 0 aliphatic carbocycles. The normalized spacial score (nSPS) is 14.0. The summed E-state index contributed by atoms with van der Waals surface area (Å²) in [6, 6.07) is 21.6. The predicted octanol–water partition coefficient (Wildman–Crippen LogP) is 4.16. The molecule has 166 valence electrons. The number of nitrogens with one attached hydrogen (secondary N) is 1. The van der Waals surface area contributed by atoms with E-state index in [4.69, 9.17) is 4.74 Å². The third kappa shape index (κ3) is 5.02. The lowest BCUT2D eigenvalue weighted by Gasteiger charge is -2.37. The Hall–Kier alpha value is -3.54. The van der Waals surface area contributed by atoms with Gasteiger partial charge in [-0.1, -0.05) is 50.2 Å². The van der Waals surface area contributed by atoms with Crippen LogP contribution in [-0.4, -0.2) is 49.5 Å². The minimum atomic E-state index is -0.202. The van der Waals surface area contributed by atoms with Crippen molar-refractivity contribution in [1.82, 2.24) is 4.90 Å².